The number of aliphatic imine (C=N–C) groups is 1. The molecule has 0 aliphatic carbocycles. The van der Waals surface area contributed by atoms with E-state index in [0.717, 1.165) is 5.56 Å². The Kier molecular flexibility index (Phi) is 6.52. The molecule has 0 bridgehead atoms. The van der Waals surface area contributed by atoms with E-state index < -0.39 is 11.8 Å². The molecule has 0 unspecified atom stereocenters. The fourth-order valence-corrected chi connectivity index (χ4v) is 3.39. The van der Waals surface area contributed by atoms with Crippen LogP contribution in [0.25, 0.3) is 6.08 Å². The zero-order valence-electron chi connectivity index (χ0n) is 17.2. The second-order valence-corrected chi connectivity index (χ2v) is 7.29. The Morgan fingerprint density at radius 1 is 1.06 bits per heavy atom. The molecule has 0 N–H and O–H groups in total. The number of ether oxygens (including phenoxy) is 3. The molecule has 0 aromatic heterocycles. The molecule has 3 aromatic carbocycles. The zero-order valence-corrected chi connectivity index (χ0v) is 17.9. The molecule has 1 aliphatic rings. The number of benzene rings is 3. The molecular weight excluding hydrogens is 433 g/mol. The number of hydrogen-bond acceptors (Lipinski definition) is 5. The van der Waals surface area contributed by atoms with Crippen molar-refractivity contribution < 1.29 is 23.4 Å². The van der Waals surface area contributed by atoms with Gasteiger partial charge in [-0.05, 0) is 54.5 Å². The second kappa shape index (κ2) is 9.66. The summed E-state index contributed by atoms with van der Waals surface area (Å²) in [5.41, 5.74) is 2.02. The van der Waals surface area contributed by atoms with Crippen LogP contribution in [-0.2, 0) is 16.1 Å². The largest absolute Gasteiger partial charge is 0.490 e. The Hall–Kier alpha value is -3.64. The SMILES string of the molecule is CCOc1cc(/C=C2\N=C(c3cccc(F)c3)OC2=O)cc(Cl)c1OCc1ccccc1. The summed E-state index contributed by atoms with van der Waals surface area (Å²) in [6, 6.07) is 18.7. The van der Waals surface area contributed by atoms with Crippen LogP contribution in [0.5, 0.6) is 11.5 Å². The van der Waals surface area contributed by atoms with Crippen LogP contribution < -0.4 is 9.47 Å². The van der Waals surface area contributed by atoms with Crippen LogP contribution >= 0.6 is 11.6 Å². The van der Waals surface area contributed by atoms with Gasteiger partial charge in [0.25, 0.3) is 0 Å². The predicted octanol–water partition coefficient (Wildman–Crippen LogP) is 5.80. The third-order valence-corrected chi connectivity index (χ3v) is 4.83. The molecule has 0 atom stereocenters. The van der Waals surface area contributed by atoms with Gasteiger partial charge in [-0.1, -0.05) is 48.0 Å². The lowest BCUT2D eigenvalue weighted by Gasteiger charge is -2.14. The fourth-order valence-electron chi connectivity index (χ4n) is 3.12. The van der Waals surface area contributed by atoms with Gasteiger partial charge in [-0.2, -0.15) is 0 Å². The Morgan fingerprint density at radius 2 is 1.88 bits per heavy atom. The van der Waals surface area contributed by atoms with E-state index in [0.29, 0.717) is 40.9 Å². The van der Waals surface area contributed by atoms with E-state index in [9.17, 15) is 9.18 Å². The summed E-state index contributed by atoms with van der Waals surface area (Å²) in [4.78, 5) is 16.5. The molecule has 0 amide bonds. The number of esters is 1. The maximum absolute atomic E-state index is 13.5. The van der Waals surface area contributed by atoms with Crippen LogP contribution in [0.15, 0.2) is 77.4 Å². The molecule has 5 nitrogen and oxygen atoms in total. The van der Waals surface area contributed by atoms with E-state index in [1.54, 1.807) is 18.2 Å². The minimum absolute atomic E-state index is 0.0414. The van der Waals surface area contributed by atoms with E-state index in [4.69, 9.17) is 25.8 Å². The number of cyclic esters (lactones) is 1. The summed E-state index contributed by atoms with van der Waals surface area (Å²) in [6.45, 7) is 2.58. The number of halogens is 2. The lowest BCUT2D eigenvalue weighted by atomic mass is 10.1. The molecule has 32 heavy (non-hydrogen) atoms. The molecule has 3 aromatic rings. The maximum atomic E-state index is 13.5. The summed E-state index contributed by atoms with van der Waals surface area (Å²) in [7, 11) is 0. The highest BCUT2D eigenvalue weighted by molar-refractivity contribution is 6.32. The number of carbonyl (C=O) groups excluding carboxylic acids is 1. The summed E-state index contributed by atoms with van der Waals surface area (Å²) in [6.07, 6.45) is 1.53. The summed E-state index contributed by atoms with van der Waals surface area (Å²) in [5.74, 6) is -0.179. The molecular formula is C25H19ClFNO4. The topological polar surface area (TPSA) is 57.1 Å². The van der Waals surface area contributed by atoms with Gasteiger partial charge in [0.05, 0.1) is 11.6 Å². The van der Waals surface area contributed by atoms with Crippen LogP contribution in [0.2, 0.25) is 5.02 Å². The highest BCUT2D eigenvalue weighted by atomic mass is 35.5. The van der Waals surface area contributed by atoms with E-state index in [2.05, 4.69) is 4.99 Å². The van der Waals surface area contributed by atoms with Gasteiger partial charge in [0.1, 0.15) is 12.4 Å². The van der Waals surface area contributed by atoms with Crippen molar-refractivity contribution in [2.45, 2.75) is 13.5 Å². The van der Waals surface area contributed by atoms with Crippen molar-refractivity contribution in [2.75, 3.05) is 6.61 Å². The standard InChI is InChI=1S/C25H19ClFNO4/c1-2-30-22-13-17(11-20(26)23(22)31-15-16-7-4-3-5-8-16)12-21-25(29)32-24(28-21)18-9-6-10-19(27)14-18/h3-14H,2,15H2,1H3/b21-12-. The predicted molar refractivity (Wildman–Crippen MR) is 120 cm³/mol. The molecule has 0 saturated heterocycles. The minimum atomic E-state index is -0.636. The summed E-state index contributed by atoms with van der Waals surface area (Å²) < 4.78 is 30.3. The van der Waals surface area contributed by atoms with Crippen LogP contribution in [0.1, 0.15) is 23.6 Å². The van der Waals surface area contributed by atoms with Gasteiger partial charge >= 0.3 is 5.97 Å². The average Bonchev–Trinajstić information content (AvgIpc) is 3.14. The van der Waals surface area contributed by atoms with E-state index >= 15 is 0 Å². The monoisotopic (exact) mass is 451 g/mol. The molecule has 0 spiro atoms. The van der Waals surface area contributed by atoms with Crippen molar-refractivity contribution in [1.29, 1.82) is 0 Å². The fraction of sp³-hybridized carbons (Fsp3) is 0.120. The van der Waals surface area contributed by atoms with Crippen molar-refractivity contribution in [3.05, 3.63) is 100.0 Å². The van der Waals surface area contributed by atoms with E-state index in [-0.39, 0.29) is 11.6 Å². The minimum Gasteiger partial charge on any atom is -0.490 e. The van der Waals surface area contributed by atoms with Gasteiger partial charge in [-0.15, -0.1) is 0 Å². The van der Waals surface area contributed by atoms with Gasteiger partial charge in [-0.3, -0.25) is 0 Å². The van der Waals surface area contributed by atoms with Crippen molar-refractivity contribution in [1.82, 2.24) is 0 Å². The highest BCUT2D eigenvalue weighted by Gasteiger charge is 2.25. The van der Waals surface area contributed by atoms with Crippen molar-refractivity contribution in [3.8, 4) is 11.5 Å². The lowest BCUT2D eigenvalue weighted by molar-refractivity contribution is -0.129. The van der Waals surface area contributed by atoms with Crippen molar-refractivity contribution >= 4 is 29.5 Å². The van der Waals surface area contributed by atoms with E-state index in [1.807, 2.05) is 37.3 Å². The maximum Gasteiger partial charge on any atom is 0.363 e. The number of rotatable bonds is 7. The Morgan fingerprint density at radius 3 is 2.62 bits per heavy atom. The first-order valence-corrected chi connectivity index (χ1v) is 10.3. The van der Waals surface area contributed by atoms with Gasteiger partial charge < -0.3 is 14.2 Å². The molecule has 4 rings (SSSR count). The smallest absolute Gasteiger partial charge is 0.363 e. The molecule has 7 heteroatoms. The Labute approximate surface area is 189 Å². The van der Waals surface area contributed by atoms with Crippen LogP contribution in [0.4, 0.5) is 4.39 Å². The van der Waals surface area contributed by atoms with Gasteiger partial charge in [0, 0.05) is 5.56 Å². The average molecular weight is 452 g/mol. The molecule has 1 aliphatic heterocycles. The van der Waals surface area contributed by atoms with Crippen LogP contribution in [-0.4, -0.2) is 18.5 Å². The van der Waals surface area contributed by atoms with Crippen molar-refractivity contribution in [2.24, 2.45) is 4.99 Å². The van der Waals surface area contributed by atoms with E-state index in [1.165, 1.54) is 24.3 Å². The summed E-state index contributed by atoms with van der Waals surface area (Å²) in [5, 5.41) is 0.333. The Bertz CT molecular complexity index is 1210. The quantitative estimate of drug-likeness (QED) is 0.336. The zero-order chi connectivity index (χ0) is 22.5. The van der Waals surface area contributed by atoms with Crippen LogP contribution in [0, 0.1) is 5.82 Å². The van der Waals surface area contributed by atoms with Crippen molar-refractivity contribution in [3.63, 3.8) is 0 Å². The second-order valence-electron chi connectivity index (χ2n) is 6.88. The molecule has 0 saturated carbocycles. The lowest BCUT2D eigenvalue weighted by Crippen LogP contribution is -2.05. The normalized spacial score (nSPS) is 14.3. The molecule has 162 valence electrons. The van der Waals surface area contributed by atoms with Gasteiger partial charge in [0.2, 0.25) is 5.90 Å². The molecule has 0 fully saturated rings. The number of hydrogen-bond donors (Lipinski definition) is 0. The van der Waals surface area contributed by atoms with Gasteiger partial charge in [-0.25, -0.2) is 14.2 Å². The number of carbonyl (C=O) groups is 1. The third kappa shape index (κ3) is 4.98. The Balaban J connectivity index is 1.62. The summed E-state index contributed by atoms with van der Waals surface area (Å²) >= 11 is 6.47. The first-order chi connectivity index (χ1) is 15.5. The first-order valence-electron chi connectivity index (χ1n) is 9.95. The number of nitrogens with zero attached hydrogens (tertiary/aromatic N) is 1. The molecule has 1 heterocycles. The highest BCUT2D eigenvalue weighted by Crippen LogP contribution is 2.38. The molecule has 0 radical (unpaired) electrons. The first kappa shape index (κ1) is 21.6. The van der Waals surface area contributed by atoms with Crippen LogP contribution in [0.3, 0.4) is 0 Å². The van der Waals surface area contributed by atoms with Gasteiger partial charge in [0.15, 0.2) is 17.2 Å². The third-order valence-electron chi connectivity index (χ3n) is 4.55.